The highest BCUT2D eigenvalue weighted by Gasteiger charge is 2.35. The molecule has 2 aromatic rings. The fourth-order valence-electron chi connectivity index (χ4n) is 2.56. The molecule has 5 heteroatoms. The second-order valence-corrected chi connectivity index (χ2v) is 5.25. The van der Waals surface area contributed by atoms with Crippen molar-refractivity contribution in [2.75, 3.05) is 0 Å². The number of hydrogen-bond acceptors (Lipinski definition) is 3. The Morgan fingerprint density at radius 3 is 2.45 bits per heavy atom. The third kappa shape index (κ3) is 2.26. The molecule has 5 nitrogen and oxygen atoms in total. The molecule has 22 heavy (non-hydrogen) atoms. The summed E-state index contributed by atoms with van der Waals surface area (Å²) in [5.41, 5.74) is 2.30. The summed E-state index contributed by atoms with van der Waals surface area (Å²) in [5, 5.41) is 8.99. The topological polar surface area (TPSA) is 74.7 Å². The van der Waals surface area contributed by atoms with Crippen LogP contribution in [0.15, 0.2) is 42.5 Å². The zero-order chi connectivity index (χ0) is 15.9. The number of hydrogen-bond donors (Lipinski definition) is 1. The van der Waals surface area contributed by atoms with Gasteiger partial charge in [-0.05, 0) is 30.7 Å². The van der Waals surface area contributed by atoms with Crippen LogP contribution in [0.4, 0.5) is 0 Å². The quantitative estimate of drug-likeness (QED) is 0.883. The van der Waals surface area contributed by atoms with Crippen LogP contribution in [0.25, 0.3) is 0 Å². The zero-order valence-electron chi connectivity index (χ0n) is 11.9. The Morgan fingerprint density at radius 2 is 1.77 bits per heavy atom. The minimum Gasteiger partial charge on any atom is -0.478 e. The fraction of sp³-hybridized carbons (Fsp3) is 0.118. The molecule has 110 valence electrons. The Balaban J connectivity index is 1.94. The van der Waals surface area contributed by atoms with Crippen LogP contribution in [0, 0.1) is 6.92 Å². The standard InChI is InChI=1S/C17H13NO4/c1-10-3-2-4-11(7-10)9-18-15(19)13-6-5-12(17(21)22)8-14(13)16(18)20/h2-8H,9H2,1H3,(H,21,22). The molecular weight excluding hydrogens is 282 g/mol. The number of benzene rings is 2. The van der Waals surface area contributed by atoms with Crippen molar-refractivity contribution >= 4 is 17.8 Å². The van der Waals surface area contributed by atoms with Crippen LogP contribution in [0.3, 0.4) is 0 Å². The number of fused-ring (bicyclic) bond motifs is 1. The lowest BCUT2D eigenvalue weighted by atomic mass is 10.1. The number of imide groups is 1. The van der Waals surface area contributed by atoms with Crippen molar-refractivity contribution in [1.29, 1.82) is 0 Å². The van der Waals surface area contributed by atoms with E-state index in [4.69, 9.17) is 5.11 Å². The summed E-state index contributed by atoms with van der Waals surface area (Å²) in [5.74, 6) is -1.97. The van der Waals surface area contributed by atoms with Gasteiger partial charge in [0, 0.05) is 0 Å². The third-order valence-electron chi connectivity index (χ3n) is 3.64. The SMILES string of the molecule is Cc1cccc(CN2C(=O)c3ccc(C(=O)O)cc3C2=O)c1. The summed E-state index contributed by atoms with van der Waals surface area (Å²) in [6, 6.07) is 11.5. The third-order valence-corrected chi connectivity index (χ3v) is 3.64. The van der Waals surface area contributed by atoms with Gasteiger partial charge < -0.3 is 5.11 Å². The monoisotopic (exact) mass is 295 g/mol. The predicted octanol–water partition coefficient (Wildman–Crippen LogP) is 2.49. The first-order valence-electron chi connectivity index (χ1n) is 6.76. The van der Waals surface area contributed by atoms with Gasteiger partial charge in [0.2, 0.25) is 0 Å². The maximum atomic E-state index is 12.4. The van der Waals surface area contributed by atoms with E-state index in [0.29, 0.717) is 0 Å². The van der Waals surface area contributed by atoms with Crippen molar-refractivity contribution in [3.63, 3.8) is 0 Å². The molecule has 0 saturated carbocycles. The van der Waals surface area contributed by atoms with Crippen molar-refractivity contribution in [2.45, 2.75) is 13.5 Å². The minimum absolute atomic E-state index is 0.00249. The molecule has 0 unspecified atom stereocenters. The van der Waals surface area contributed by atoms with Crippen LogP contribution in [-0.4, -0.2) is 27.8 Å². The number of aromatic carboxylic acids is 1. The highest BCUT2D eigenvalue weighted by molar-refractivity contribution is 6.21. The molecule has 0 atom stereocenters. The Bertz CT molecular complexity index is 810. The average Bonchev–Trinajstić information content (AvgIpc) is 2.72. The number of amides is 2. The summed E-state index contributed by atoms with van der Waals surface area (Å²) in [7, 11) is 0. The van der Waals surface area contributed by atoms with Gasteiger partial charge in [0.05, 0.1) is 23.2 Å². The van der Waals surface area contributed by atoms with E-state index in [1.54, 1.807) is 0 Å². The van der Waals surface area contributed by atoms with Crippen LogP contribution in [0.5, 0.6) is 0 Å². The Morgan fingerprint density at radius 1 is 1.05 bits per heavy atom. The van der Waals surface area contributed by atoms with Crippen molar-refractivity contribution in [1.82, 2.24) is 4.90 Å². The van der Waals surface area contributed by atoms with E-state index >= 15 is 0 Å². The van der Waals surface area contributed by atoms with E-state index in [1.165, 1.54) is 18.2 Å². The first-order valence-corrected chi connectivity index (χ1v) is 6.76. The summed E-state index contributed by atoms with van der Waals surface area (Å²) in [6.07, 6.45) is 0. The van der Waals surface area contributed by atoms with E-state index < -0.39 is 17.8 Å². The molecule has 0 radical (unpaired) electrons. The van der Waals surface area contributed by atoms with Gasteiger partial charge in [-0.25, -0.2) is 4.79 Å². The number of carbonyl (C=O) groups excluding carboxylic acids is 2. The number of aryl methyl sites for hydroxylation is 1. The number of carboxylic acids is 1. The number of carboxylic acid groups (broad SMARTS) is 1. The highest BCUT2D eigenvalue weighted by Crippen LogP contribution is 2.25. The van der Waals surface area contributed by atoms with Crippen LogP contribution in [0.2, 0.25) is 0 Å². The van der Waals surface area contributed by atoms with Gasteiger partial charge in [0.1, 0.15) is 0 Å². The summed E-state index contributed by atoms with van der Waals surface area (Å²) in [4.78, 5) is 36.9. The number of carbonyl (C=O) groups is 3. The van der Waals surface area contributed by atoms with Gasteiger partial charge in [0.15, 0.2) is 0 Å². The maximum absolute atomic E-state index is 12.4. The molecule has 2 amide bonds. The number of rotatable bonds is 3. The summed E-state index contributed by atoms with van der Waals surface area (Å²) in [6.45, 7) is 2.11. The largest absolute Gasteiger partial charge is 0.478 e. The molecule has 0 fully saturated rings. The first-order chi connectivity index (χ1) is 10.5. The van der Waals surface area contributed by atoms with Gasteiger partial charge in [0.25, 0.3) is 11.8 Å². The van der Waals surface area contributed by atoms with Crippen molar-refractivity contribution in [2.24, 2.45) is 0 Å². The summed E-state index contributed by atoms with van der Waals surface area (Å²) >= 11 is 0. The number of nitrogens with zero attached hydrogens (tertiary/aromatic N) is 1. The fourth-order valence-corrected chi connectivity index (χ4v) is 2.56. The Hall–Kier alpha value is -2.95. The van der Waals surface area contributed by atoms with Crippen LogP contribution in [0.1, 0.15) is 42.2 Å². The smallest absolute Gasteiger partial charge is 0.335 e. The van der Waals surface area contributed by atoms with Crippen molar-refractivity contribution in [3.8, 4) is 0 Å². The van der Waals surface area contributed by atoms with Crippen molar-refractivity contribution < 1.29 is 19.5 Å². The molecular formula is C17H13NO4. The average molecular weight is 295 g/mol. The van der Waals surface area contributed by atoms with Crippen LogP contribution in [-0.2, 0) is 6.54 Å². The van der Waals surface area contributed by atoms with E-state index in [0.717, 1.165) is 16.0 Å². The highest BCUT2D eigenvalue weighted by atomic mass is 16.4. The van der Waals surface area contributed by atoms with E-state index in [1.807, 2.05) is 31.2 Å². The minimum atomic E-state index is -1.12. The molecule has 0 aliphatic carbocycles. The maximum Gasteiger partial charge on any atom is 0.335 e. The van der Waals surface area contributed by atoms with Gasteiger partial charge in [-0.3, -0.25) is 14.5 Å². The summed E-state index contributed by atoms with van der Waals surface area (Å²) < 4.78 is 0. The van der Waals surface area contributed by atoms with Gasteiger partial charge >= 0.3 is 5.97 Å². The lowest BCUT2D eigenvalue weighted by molar-refractivity contribution is 0.0641. The molecule has 2 aromatic carbocycles. The lowest BCUT2D eigenvalue weighted by Crippen LogP contribution is -2.29. The molecule has 1 aliphatic heterocycles. The van der Waals surface area contributed by atoms with E-state index in [9.17, 15) is 14.4 Å². The Kier molecular flexibility index (Phi) is 3.25. The molecule has 1 heterocycles. The van der Waals surface area contributed by atoms with Crippen LogP contribution >= 0.6 is 0 Å². The predicted molar refractivity (Wildman–Crippen MR) is 78.8 cm³/mol. The zero-order valence-corrected chi connectivity index (χ0v) is 11.9. The molecule has 0 saturated heterocycles. The van der Waals surface area contributed by atoms with Crippen molar-refractivity contribution in [3.05, 3.63) is 70.3 Å². The molecule has 1 N–H and O–H groups in total. The molecule has 0 spiro atoms. The second-order valence-electron chi connectivity index (χ2n) is 5.25. The van der Waals surface area contributed by atoms with Gasteiger partial charge in [-0.15, -0.1) is 0 Å². The van der Waals surface area contributed by atoms with E-state index in [2.05, 4.69) is 0 Å². The molecule has 3 rings (SSSR count). The molecule has 0 bridgehead atoms. The molecule has 1 aliphatic rings. The normalized spacial score (nSPS) is 13.4. The van der Waals surface area contributed by atoms with Crippen LogP contribution < -0.4 is 0 Å². The Labute approximate surface area is 126 Å². The second kappa shape index (κ2) is 5.11. The first kappa shape index (κ1) is 14.0. The van der Waals surface area contributed by atoms with Gasteiger partial charge in [-0.2, -0.15) is 0 Å². The van der Waals surface area contributed by atoms with E-state index in [-0.39, 0.29) is 23.2 Å². The molecule has 0 aromatic heterocycles. The van der Waals surface area contributed by atoms with Gasteiger partial charge in [-0.1, -0.05) is 29.8 Å². The lowest BCUT2D eigenvalue weighted by Gasteiger charge is -2.14.